The largest absolute Gasteiger partial charge is 0.335 e. The van der Waals surface area contributed by atoms with E-state index in [9.17, 15) is 0 Å². The number of hydrogen-bond acceptors (Lipinski definition) is 2. The topological polar surface area (TPSA) is 28.7 Å². The Morgan fingerprint density at radius 1 is 1.22 bits per heavy atom. The van der Waals surface area contributed by atoms with Gasteiger partial charge in [-0.2, -0.15) is 0 Å². The lowest BCUT2D eigenvalue weighted by Crippen LogP contribution is -2.08. The summed E-state index contributed by atoms with van der Waals surface area (Å²) in [5, 5.41) is 0. The third-order valence-corrected chi connectivity index (χ3v) is 3.86. The van der Waals surface area contributed by atoms with Crippen molar-refractivity contribution >= 4 is 12.2 Å². The quantitative estimate of drug-likeness (QED) is 0.808. The lowest BCUT2D eigenvalue weighted by atomic mass is 9.80. The first-order valence-corrected chi connectivity index (χ1v) is 6.81. The molecule has 2 aromatic rings. The maximum Gasteiger partial charge on any atom is 0.197 e. The molecule has 0 bridgehead atoms. The molecule has 18 heavy (non-hydrogen) atoms. The zero-order valence-electron chi connectivity index (χ0n) is 10.4. The smallest absolute Gasteiger partial charge is 0.197 e. The molecule has 1 aliphatic carbocycles. The average Bonchev–Trinajstić information content (AvgIpc) is 2.26. The van der Waals surface area contributed by atoms with Gasteiger partial charge in [-0.15, -0.1) is 0 Å². The second kappa shape index (κ2) is 4.65. The summed E-state index contributed by atoms with van der Waals surface area (Å²) in [6, 6.07) is 10.8. The van der Waals surface area contributed by atoms with Crippen molar-refractivity contribution in [3.63, 3.8) is 0 Å². The summed E-state index contributed by atoms with van der Waals surface area (Å²) in [5.41, 5.74) is 4.61. The van der Waals surface area contributed by atoms with Crippen LogP contribution in [0.25, 0.3) is 11.3 Å². The Morgan fingerprint density at radius 2 is 1.94 bits per heavy atom. The molecule has 0 amide bonds. The highest BCUT2D eigenvalue weighted by atomic mass is 32.1. The van der Waals surface area contributed by atoms with Crippen LogP contribution in [0.5, 0.6) is 0 Å². The van der Waals surface area contributed by atoms with Crippen LogP contribution in [0.4, 0.5) is 0 Å². The molecule has 0 saturated heterocycles. The Bertz CT molecular complexity index is 609. The van der Waals surface area contributed by atoms with E-state index >= 15 is 0 Å². The van der Waals surface area contributed by atoms with Gasteiger partial charge in [0.15, 0.2) is 4.77 Å². The van der Waals surface area contributed by atoms with Crippen LogP contribution >= 0.6 is 12.2 Å². The van der Waals surface area contributed by atoms with Crippen LogP contribution in [0.2, 0.25) is 0 Å². The van der Waals surface area contributed by atoms with E-state index in [-0.39, 0.29) is 0 Å². The fraction of sp³-hybridized carbons (Fsp3) is 0.333. The van der Waals surface area contributed by atoms with Crippen LogP contribution in [0.15, 0.2) is 30.3 Å². The first kappa shape index (κ1) is 11.6. The highest BCUT2D eigenvalue weighted by Crippen LogP contribution is 2.36. The molecule has 1 heterocycles. The fourth-order valence-electron chi connectivity index (χ4n) is 2.39. The van der Waals surface area contributed by atoms with E-state index in [1.54, 1.807) is 0 Å². The Hall–Kier alpha value is -1.48. The number of aromatic nitrogens is 2. The number of rotatable bonds is 2. The van der Waals surface area contributed by atoms with Gasteiger partial charge >= 0.3 is 0 Å². The molecule has 0 unspecified atom stereocenters. The van der Waals surface area contributed by atoms with Gasteiger partial charge in [0.25, 0.3) is 0 Å². The van der Waals surface area contributed by atoms with Crippen molar-refractivity contribution in [1.82, 2.24) is 9.97 Å². The van der Waals surface area contributed by atoms with Crippen LogP contribution in [-0.2, 0) is 0 Å². The predicted molar refractivity (Wildman–Crippen MR) is 76.2 cm³/mol. The fourth-order valence-corrected chi connectivity index (χ4v) is 2.65. The molecule has 0 atom stereocenters. The summed E-state index contributed by atoms with van der Waals surface area (Å²) >= 11 is 5.12. The highest BCUT2D eigenvalue weighted by molar-refractivity contribution is 7.71. The van der Waals surface area contributed by atoms with Crippen LogP contribution in [0, 0.1) is 11.7 Å². The number of aromatic amines is 1. The number of nitrogens with zero attached hydrogens (tertiary/aromatic N) is 1. The molecule has 92 valence electrons. The molecule has 0 aliphatic heterocycles. The summed E-state index contributed by atoms with van der Waals surface area (Å²) in [4.78, 5) is 7.40. The zero-order chi connectivity index (χ0) is 12.5. The molecular formula is C15H16N2S. The zero-order valence-corrected chi connectivity index (χ0v) is 11.3. The lowest BCUT2D eigenvalue weighted by Gasteiger charge is -2.25. The molecule has 1 fully saturated rings. The molecule has 1 saturated carbocycles. The molecule has 3 heteroatoms. The second-order valence-corrected chi connectivity index (χ2v) is 5.39. The van der Waals surface area contributed by atoms with E-state index in [4.69, 9.17) is 12.2 Å². The number of benzene rings is 1. The van der Waals surface area contributed by atoms with Crippen molar-refractivity contribution in [1.29, 1.82) is 0 Å². The second-order valence-electron chi connectivity index (χ2n) is 5.00. The third kappa shape index (κ3) is 2.23. The minimum atomic E-state index is 0.549. The summed E-state index contributed by atoms with van der Waals surface area (Å²) < 4.78 is 0.549. The molecule has 0 radical (unpaired) electrons. The van der Waals surface area contributed by atoms with Gasteiger partial charge in [-0.25, -0.2) is 4.98 Å². The van der Waals surface area contributed by atoms with Gasteiger partial charge in [0.05, 0.1) is 5.69 Å². The summed E-state index contributed by atoms with van der Waals surface area (Å²) in [6.07, 6.45) is 4.06. The van der Waals surface area contributed by atoms with E-state index in [1.807, 2.05) is 13.0 Å². The van der Waals surface area contributed by atoms with E-state index in [2.05, 4.69) is 34.2 Å². The van der Waals surface area contributed by atoms with Gasteiger partial charge in [-0.05, 0) is 49.5 Å². The maximum absolute atomic E-state index is 5.12. The molecule has 3 rings (SSSR count). The lowest BCUT2D eigenvalue weighted by molar-refractivity contribution is 0.420. The number of hydrogen-bond donors (Lipinski definition) is 1. The Balaban J connectivity index is 1.93. The first-order valence-electron chi connectivity index (χ1n) is 6.41. The maximum atomic E-state index is 5.12. The molecule has 0 spiro atoms. The normalized spacial score (nSPS) is 15.4. The van der Waals surface area contributed by atoms with Gasteiger partial charge in [0.1, 0.15) is 0 Å². The van der Waals surface area contributed by atoms with Gasteiger partial charge in [0.2, 0.25) is 0 Å². The van der Waals surface area contributed by atoms with Crippen LogP contribution in [0.1, 0.15) is 36.4 Å². The van der Waals surface area contributed by atoms with Crippen molar-refractivity contribution in [3.8, 4) is 11.3 Å². The average molecular weight is 256 g/mol. The van der Waals surface area contributed by atoms with Crippen LogP contribution in [0.3, 0.4) is 0 Å². The number of aryl methyl sites for hydroxylation is 1. The SMILES string of the molecule is Cc1cc(-c2ccc(C3CCC3)cc2)nc(=S)[nH]1. The van der Waals surface area contributed by atoms with Crippen molar-refractivity contribution in [2.45, 2.75) is 32.1 Å². The van der Waals surface area contributed by atoms with Crippen molar-refractivity contribution in [2.75, 3.05) is 0 Å². The third-order valence-electron chi connectivity index (χ3n) is 3.66. The van der Waals surface area contributed by atoms with Crippen LogP contribution in [-0.4, -0.2) is 9.97 Å². The number of H-pyrrole nitrogens is 1. The van der Waals surface area contributed by atoms with Gasteiger partial charge in [-0.1, -0.05) is 30.7 Å². The minimum Gasteiger partial charge on any atom is -0.335 e. The monoisotopic (exact) mass is 256 g/mol. The molecular weight excluding hydrogens is 240 g/mol. The minimum absolute atomic E-state index is 0.549. The van der Waals surface area contributed by atoms with Gasteiger partial charge in [0, 0.05) is 11.3 Å². The van der Waals surface area contributed by atoms with E-state index in [0.29, 0.717) is 4.77 Å². The Morgan fingerprint density at radius 3 is 2.50 bits per heavy atom. The van der Waals surface area contributed by atoms with E-state index in [1.165, 1.54) is 24.8 Å². The van der Waals surface area contributed by atoms with Gasteiger partial charge in [-0.3, -0.25) is 0 Å². The molecule has 1 aromatic carbocycles. The molecule has 1 aromatic heterocycles. The van der Waals surface area contributed by atoms with Gasteiger partial charge < -0.3 is 4.98 Å². The summed E-state index contributed by atoms with van der Waals surface area (Å²) in [7, 11) is 0. The van der Waals surface area contributed by atoms with Crippen molar-refractivity contribution in [3.05, 3.63) is 46.4 Å². The molecule has 1 aliphatic rings. The summed E-state index contributed by atoms with van der Waals surface area (Å²) in [5.74, 6) is 0.785. The van der Waals surface area contributed by atoms with Crippen molar-refractivity contribution < 1.29 is 0 Å². The Labute approximate surface area is 112 Å². The first-order chi connectivity index (χ1) is 8.72. The van der Waals surface area contributed by atoms with Crippen LogP contribution < -0.4 is 0 Å². The van der Waals surface area contributed by atoms with Crippen molar-refractivity contribution in [2.24, 2.45) is 0 Å². The number of nitrogens with one attached hydrogen (secondary N) is 1. The molecule has 1 N–H and O–H groups in total. The van der Waals surface area contributed by atoms with E-state index in [0.717, 1.165) is 22.9 Å². The molecule has 2 nitrogen and oxygen atoms in total. The predicted octanol–water partition coefficient (Wildman–Crippen LogP) is 4.38. The standard InChI is InChI=1S/C15H16N2S/c1-10-9-14(17-15(18)16-10)13-7-5-12(6-8-13)11-3-2-4-11/h5-9,11H,2-4H2,1H3,(H,16,17,18). The summed E-state index contributed by atoms with van der Waals surface area (Å²) in [6.45, 7) is 2.00. The van der Waals surface area contributed by atoms with E-state index < -0.39 is 0 Å². The Kier molecular flexibility index (Phi) is 3.00. The highest BCUT2D eigenvalue weighted by Gasteiger charge is 2.19.